The van der Waals surface area contributed by atoms with Gasteiger partial charge < -0.3 is 19.7 Å². The van der Waals surface area contributed by atoms with Gasteiger partial charge in [-0.05, 0) is 31.2 Å². The minimum atomic E-state index is -0.559. The standard InChI is InChI=1S/C25H25N3O5S/c1-16-7-9-18(10-8-16)26-22(29)12-23-27-19(15-34-23)14-33-25(31)17-11-24(30)28(13-17)20-5-3-4-6-21(20)32-2/h3-10,15,17H,11-14H2,1-2H3,(H,26,29)/t17-/m0/s1. The van der Waals surface area contributed by atoms with Crippen molar-refractivity contribution in [1.29, 1.82) is 0 Å². The number of carbonyl (C=O) groups is 3. The van der Waals surface area contributed by atoms with Crippen molar-refractivity contribution in [2.24, 2.45) is 5.92 Å². The van der Waals surface area contributed by atoms with Crippen LogP contribution in [0.2, 0.25) is 0 Å². The van der Waals surface area contributed by atoms with Crippen LogP contribution in [0.25, 0.3) is 0 Å². The van der Waals surface area contributed by atoms with E-state index in [9.17, 15) is 14.4 Å². The average molecular weight is 480 g/mol. The second kappa shape index (κ2) is 10.5. The third-order valence-electron chi connectivity index (χ3n) is 5.44. The number of hydrogen-bond acceptors (Lipinski definition) is 7. The van der Waals surface area contributed by atoms with Gasteiger partial charge >= 0.3 is 5.97 Å². The van der Waals surface area contributed by atoms with E-state index < -0.39 is 11.9 Å². The molecule has 1 N–H and O–H groups in total. The zero-order valence-electron chi connectivity index (χ0n) is 18.9. The molecule has 0 spiro atoms. The summed E-state index contributed by atoms with van der Waals surface area (Å²) < 4.78 is 10.7. The highest BCUT2D eigenvalue weighted by Crippen LogP contribution is 2.33. The maximum atomic E-state index is 12.6. The molecule has 2 heterocycles. The molecule has 9 heteroatoms. The summed E-state index contributed by atoms with van der Waals surface area (Å²) in [6.07, 6.45) is 0.218. The predicted octanol–water partition coefficient (Wildman–Crippen LogP) is 3.74. The number of nitrogens with one attached hydrogen (secondary N) is 1. The Bertz CT molecular complexity index is 1190. The van der Waals surface area contributed by atoms with Crippen LogP contribution in [0, 0.1) is 12.8 Å². The van der Waals surface area contributed by atoms with Gasteiger partial charge in [-0.15, -0.1) is 11.3 Å². The van der Waals surface area contributed by atoms with Crippen LogP contribution in [0.4, 0.5) is 11.4 Å². The summed E-state index contributed by atoms with van der Waals surface area (Å²) in [4.78, 5) is 43.3. The summed E-state index contributed by atoms with van der Waals surface area (Å²) in [5, 5.41) is 5.24. The molecule has 0 saturated carbocycles. The topological polar surface area (TPSA) is 97.8 Å². The van der Waals surface area contributed by atoms with Crippen LogP contribution in [0.1, 0.15) is 22.7 Å². The number of amides is 2. The van der Waals surface area contributed by atoms with E-state index in [0.717, 1.165) is 11.3 Å². The van der Waals surface area contributed by atoms with Gasteiger partial charge in [0, 0.05) is 24.0 Å². The molecule has 1 aliphatic heterocycles. The van der Waals surface area contributed by atoms with Gasteiger partial charge in [-0.3, -0.25) is 14.4 Å². The Hall–Kier alpha value is -3.72. The molecule has 3 aromatic rings. The van der Waals surface area contributed by atoms with Gasteiger partial charge in [-0.25, -0.2) is 4.98 Å². The molecule has 0 bridgehead atoms. The van der Waals surface area contributed by atoms with Crippen LogP contribution in [0.5, 0.6) is 5.75 Å². The monoisotopic (exact) mass is 479 g/mol. The van der Waals surface area contributed by atoms with Gasteiger partial charge in [0.25, 0.3) is 0 Å². The summed E-state index contributed by atoms with van der Waals surface area (Å²) in [7, 11) is 1.54. The average Bonchev–Trinajstić information content (AvgIpc) is 3.45. The van der Waals surface area contributed by atoms with Gasteiger partial charge in [-0.2, -0.15) is 0 Å². The fourth-order valence-corrected chi connectivity index (χ4v) is 4.47. The van der Waals surface area contributed by atoms with Gasteiger partial charge in [0.1, 0.15) is 17.4 Å². The van der Waals surface area contributed by atoms with Gasteiger partial charge in [0.2, 0.25) is 11.8 Å². The molecule has 0 unspecified atom stereocenters. The number of para-hydroxylation sites is 2. The number of rotatable bonds is 8. The zero-order chi connectivity index (χ0) is 24.1. The highest BCUT2D eigenvalue weighted by molar-refractivity contribution is 7.09. The number of aryl methyl sites for hydroxylation is 1. The lowest BCUT2D eigenvalue weighted by Gasteiger charge is -2.19. The first-order valence-electron chi connectivity index (χ1n) is 10.8. The molecule has 1 fully saturated rings. The Morgan fingerprint density at radius 2 is 1.94 bits per heavy atom. The maximum absolute atomic E-state index is 12.6. The smallest absolute Gasteiger partial charge is 0.311 e. The number of nitrogens with zero attached hydrogens (tertiary/aromatic N) is 2. The van der Waals surface area contributed by atoms with Gasteiger partial charge in [0.05, 0.1) is 30.8 Å². The van der Waals surface area contributed by atoms with E-state index in [0.29, 0.717) is 22.1 Å². The van der Waals surface area contributed by atoms with E-state index in [-0.39, 0.29) is 37.8 Å². The first kappa shape index (κ1) is 23.4. The number of ether oxygens (including phenoxy) is 2. The Kier molecular flexibility index (Phi) is 7.22. The Labute approximate surface area is 201 Å². The predicted molar refractivity (Wildman–Crippen MR) is 129 cm³/mol. The summed E-state index contributed by atoms with van der Waals surface area (Å²) in [6.45, 7) is 2.21. The summed E-state index contributed by atoms with van der Waals surface area (Å²) in [5.74, 6) is -0.746. The highest BCUT2D eigenvalue weighted by atomic mass is 32.1. The van der Waals surface area contributed by atoms with E-state index in [4.69, 9.17) is 9.47 Å². The van der Waals surface area contributed by atoms with E-state index >= 15 is 0 Å². The third-order valence-corrected chi connectivity index (χ3v) is 6.34. The van der Waals surface area contributed by atoms with Crippen molar-refractivity contribution >= 4 is 40.5 Å². The molecule has 4 rings (SSSR count). The SMILES string of the molecule is COc1ccccc1N1C[C@@H](C(=O)OCc2csc(CC(=O)Nc3ccc(C)cc3)n2)CC1=O. The normalized spacial score (nSPS) is 15.3. The lowest BCUT2D eigenvalue weighted by Crippen LogP contribution is -2.26. The Balaban J connectivity index is 1.28. The molecule has 2 amide bonds. The Morgan fingerprint density at radius 3 is 2.71 bits per heavy atom. The van der Waals surface area contributed by atoms with Crippen LogP contribution in [0.15, 0.2) is 53.9 Å². The molecule has 1 atom stereocenters. The molecular formula is C25H25N3O5S. The molecule has 34 heavy (non-hydrogen) atoms. The van der Waals surface area contributed by atoms with E-state index in [1.807, 2.05) is 43.3 Å². The Morgan fingerprint density at radius 1 is 1.18 bits per heavy atom. The minimum absolute atomic E-state index is 0.00569. The third kappa shape index (κ3) is 5.60. The molecule has 0 aliphatic carbocycles. The van der Waals surface area contributed by atoms with E-state index in [2.05, 4.69) is 10.3 Å². The second-order valence-electron chi connectivity index (χ2n) is 8.01. The quantitative estimate of drug-likeness (QED) is 0.495. The van der Waals surface area contributed by atoms with E-state index in [1.165, 1.54) is 11.3 Å². The minimum Gasteiger partial charge on any atom is -0.495 e. The van der Waals surface area contributed by atoms with Gasteiger partial charge in [0.15, 0.2) is 0 Å². The number of methoxy groups -OCH3 is 1. The van der Waals surface area contributed by atoms with Crippen molar-refractivity contribution in [3.8, 4) is 5.75 Å². The largest absolute Gasteiger partial charge is 0.495 e. The number of anilines is 2. The number of benzene rings is 2. The lowest BCUT2D eigenvalue weighted by atomic mass is 10.1. The molecule has 0 radical (unpaired) electrons. The van der Waals surface area contributed by atoms with E-state index in [1.54, 1.807) is 29.5 Å². The van der Waals surface area contributed by atoms with Crippen LogP contribution < -0.4 is 15.0 Å². The molecule has 1 aromatic heterocycles. The van der Waals surface area contributed by atoms with Crippen molar-refractivity contribution in [2.75, 3.05) is 23.9 Å². The molecule has 1 saturated heterocycles. The number of thiazole rings is 1. The van der Waals surface area contributed by atoms with Crippen molar-refractivity contribution in [2.45, 2.75) is 26.4 Å². The zero-order valence-corrected chi connectivity index (χ0v) is 19.8. The lowest BCUT2D eigenvalue weighted by molar-refractivity contribution is -0.149. The summed E-state index contributed by atoms with van der Waals surface area (Å²) in [6, 6.07) is 14.8. The number of carbonyl (C=O) groups excluding carboxylic acids is 3. The number of esters is 1. The first-order valence-corrected chi connectivity index (χ1v) is 11.7. The van der Waals surface area contributed by atoms with Crippen molar-refractivity contribution in [3.63, 3.8) is 0 Å². The highest BCUT2D eigenvalue weighted by Gasteiger charge is 2.37. The van der Waals surface area contributed by atoms with Gasteiger partial charge in [-0.1, -0.05) is 29.8 Å². The number of aromatic nitrogens is 1. The molecule has 176 valence electrons. The van der Waals surface area contributed by atoms with Crippen LogP contribution in [-0.4, -0.2) is 36.4 Å². The fourth-order valence-electron chi connectivity index (χ4n) is 3.69. The fraction of sp³-hybridized carbons (Fsp3) is 0.280. The molecular weight excluding hydrogens is 454 g/mol. The molecule has 8 nitrogen and oxygen atoms in total. The summed E-state index contributed by atoms with van der Waals surface area (Å²) in [5.41, 5.74) is 3.06. The second-order valence-corrected chi connectivity index (χ2v) is 8.95. The molecule has 2 aromatic carbocycles. The molecule has 1 aliphatic rings. The van der Waals surface area contributed by atoms with Crippen molar-refractivity contribution in [1.82, 2.24) is 4.98 Å². The van der Waals surface area contributed by atoms with Crippen LogP contribution in [0.3, 0.4) is 0 Å². The van der Waals surface area contributed by atoms with Crippen molar-refractivity contribution < 1.29 is 23.9 Å². The first-order chi connectivity index (χ1) is 16.4. The van der Waals surface area contributed by atoms with Crippen LogP contribution >= 0.6 is 11.3 Å². The maximum Gasteiger partial charge on any atom is 0.311 e. The van der Waals surface area contributed by atoms with Crippen LogP contribution in [-0.2, 0) is 32.1 Å². The number of hydrogen-bond donors (Lipinski definition) is 1. The summed E-state index contributed by atoms with van der Waals surface area (Å²) >= 11 is 1.34. The van der Waals surface area contributed by atoms with Crippen molar-refractivity contribution in [3.05, 3.63) is 70.2 Å².